The van der Waals surface area contributed by atoms with E-state index in [1.54, 1.807) is 23.3 Å². The minimum Gasteiger partial charge on any atom is -0.370 e. The Hall–Kier alpha value is -2.96. The van der Waals surface area contributed by atoms with E-state index in [2.05, 4.69) is 30.7 Å². The van der Waals surface area contributed by atoms with Gasteiger partial charge in [0.15, 0.2) is 5.82 Å². The summed E-state index contributed by atoms with van der Waals surface area (Å²) in [4.78, 5) is 13.0. The van der Waals surface area contributed by atoms with Crippen LogP contribution in [0.1, 0.15) is 12.0 Å². The fourth-order valence-corrected chi connectivity index (χ4v) is 2.05. The Balaban J connectivity index is 1.44. The number of aromatic nitrogens is 5. The molecule has 0 amide bonds. The molecule has 0 saturated carbocycles. The first-order chi connectivity index (χ1) is 11.3. The highest BCUT2D eigenvalue weighted by atomic mass is 15.3. The van der Waals surface area contributed by atoms with Gasteiger partial charge in [0, 0.05) is 31.7 Å². The van der Waals surface area contributed by atoms with Crippen LogP contribution in [0.4, 0.5) is 11.6 Å². The van der Waals surface area contributed by atoms with Crippen LogP contribution in [0, 0.1) is 6.92 Å². The van der Waals surface area contributed by atoms with Gasteiger partial charge in [0.05, 0.1) is 12.4 Å². The molecule has 118 valence electrons. The largest absolute Gasteiger partial charge is 0.370 e. The Morgan fingerprint density at radius 2 is 1.91 bits per heavy atom. The van der Waals surface area contributed by atoms with Crippen LogP contribution in [0.25, 0.3) is 5.82 Å². The van der Waals surface area contributed by atoms with Crippen molar-refractivity contribution >= 4 is 11.6 Å². The summed E-state index contributed by atoms with van der Waals surface area (Å²) in [6, 6.07) is 5.89. The van der Waals surface area contributed by atoms with E-state index < -0.39 is 0 Å². The molecule has 3 heterocycles. The molecule has 0 atom stereocenters. The molecule has 0 fully saturated rings. The van der Waals surface area contributed by atoms with Crippen molar-refractivity contribution in [1.29, 1.82) is 0 Å². The first-order valence-electron chi connectivity index (χ1n) is 7.54. The van der Waals surface area contributed by atoms with Crippen LogP contribution in [0.5, 0.6) is 0 Å². The molecule has 0 aliphatic rings. The minimum absolute atomic E-state index is 0.696. The molecule has 7 heteroatoms. The average molecular weight is 309 g/mol. The number of hydrogen-bond acceptors (Lipinski definition) is 6. The van der Waals surface area contributed by atoms with E-state index in [1.807, 2.05) is 37.5 Å². The van der Waals surface area contributed by atoms with Crippen LogP contribution >= 0.6 is 0 Å². The van der Waals surface area contributed by atoms with Gasteiger partial charge in [-0.1, -0.05) is 6.07 Å². The predicted octanol–water partition coefficient (Wildman–Crippen LogP) is 2.28. The summed E-state index contributed by atoms with van der Waals surface area (Å²) in [5.41, 5.74) is 1.16. The topological polar surface area (TPSA) is 80.5 Å². The van der Waals surface area contributed by atoms with Crippen LogP contribution in [-0.4, -0.2) is 37.8 Å². The maximum atomic E-state index is 4.47. The third-order valence-corrected chi connectivity index (χ3v) is 3.24. The quantitative estimate of drug-likeness (QED) is 0.652. The van der Waals surface area contributed by atoms with Crippen molar-refractivity contribution in [2.75, 3.05) is 23.7 Å². The van der Waals surface area contributed by atoms with Crippen LogP contribution in [0.3, 0.4) is 0 Å². The number of anilines is 2. The van der Waals surface area contributed by atoms with Gasteiger partial charge in [-0.25, -0.2) is 14.6 Å². The number of pyridine rings is 1. The summed E-state index contributed by atoms with van der Waals surface area (Å²) in [5.74, 6) is 2.34. The zero-order valence-electron chi connectivity index (χ0n) is 13.0. The van der Waals surface area contributed by atoms with Crippen molar-refractivity contribution in [3.8, 4) is 5.82 Å². The zero-order chi connectivity index (χ0) is 15.9. The van der Waals surface area contributed by atoms with Crippen molar-refractivity contribution < 1.29 is 0 Å². The number of nitrogens with zero attached hydrogens (tertiary/aromatic N) is 5. The Labute approximate surface area is 134 Å². The second-order valence-corrected chi connectivity index (χ2v) is 5.14. The lowest BCUT2D eigenvalue weighted by Gasteiger charge is -2.08. The molecule has 2 N–H and O–H groups in total. The molecule has 3 aromatic heterocycles. The Morgan fingerprint density at radius 3 is 2.65 bits per heavy atom. The third-order valence-electron chi connectivity index (χ3n) is 3.24. The number of nitrogens with one attached hydrogen (secondary N) is 2. The Morgan fingerprint density at radius 1 is 1.04 bits per heavy atom. The summed E-state index contributed by atoms with van der Waals surface area (Å²) in [6.07, 6.45) is 9.75. The smallest absolute Gasteiger partial charge is 0.173 e. The normalized spacial score (nSPS) is 10.5. The van der Waals surface area contributed by atoms with Crippen LogP contribution in [0.15, 0.2) is 49.2 Å². The summed E-state index contributed by atoms with van der Waals surface area (Å²) < 4.78 is 1.68. The van der Waals surface area contributed by atoms with Gasteiger partial charge in [-0.2, -0.15) is 5.10 Å². The third kappa shape index (κ3) is 4.26. The lowest BCUT2D eigenvalue weighted by molar-refractivity contribution is 0.833. The van der Waals surface area contributed by atoms with E-state index in [4.69, 9.17) is 0 Å². The van der Waals surface area contributed by atoms with Crippen molar-refractivity contribution in [1.82, 2.24) is 24.7 Å². The average Bonchev–Trinajstić information content (AvgIpc) is 3.11. The molecule has 0 bridgehead atoms. The maximum Gasteiger partial charge on any atom is 0.173 e. The van der Waals surface area contributed by atoms with Gasteiger partial charge >= 0.3 is 0 Å². The van der Waals surface area contributed by atoms with Gasteiger partial charge in [-0.05, 0) is 31.0 Å². The summed E-state index contributed by atoms with van der Waals surface area (Å²) in [5, 5.41) is 10.7. The SMILES string of the molecule is Cc1ccc(NCCCNc2cncc(-n3cccn3)n2)nc1. The molecular formula is C16H19N7. The summed E-state index contributed by atoms with van der Waals surface area (Å²) in [6.45, 7) is 3.67. The maximum absolute atomic E-state index is 4.47. The highest BCUT2D eigenvalue weighted by Gasteiger charge is 2.00. The van der Waals surface area contributed by atoms with Gasteiger partial charge in [0.25, 0.3) is 0 Å². The second-order valence-electron chi connectivity index (χ2n) is 5.14. The number of aryl methyl sites for hydroxylation is 1. The van der Waals surface area contributed by atoms with Gasteiger partial charge < -0.3 is 10.6 Å². The molecule has 3 aromatic rings. The number of rotatable bonds is 7. The van der Waals surface area contributed by atoms with E-state index in [0.29, 0.717) is 5.82 Å². The molecule has 0 spiro atoms. The first-order valence-corrected chi connectivity index (χ1v) is 7.54. The van der Waals surface area contributed by atoms with Crippen molar-refractivity contribution in [2.45, 2.75) is 13.3 Å². The second kappa shape index (κ2) is 7.35. The molecule has 0 aromatic carbocycles. The standard InChI is InChI=1S/C16H19N7/c1-13-4-5-14(20-10-13)18-6-2-7-19-15-11-17-12-16(22-15)23-9-3-8-21-23/h3-5,8-12H,2,6-7H2,1H3,(H,18,20)(H,19,22). The first kappa shape index (κ1) is 15.0. The molecule has 0 radical (unpaired) electrons. The lowest BCUT2D eigenvalue weighted by Crippen LogP contribution is -2.11. The summed E-state index contributed by atoms with van der Waals surface area (Å²) in [7, 11) is 0. The van der Waals surface area contributed by atoms with Crippen molar-refractivity contribution in [3.63, 3.8) is 0 Å². The molecule has 0 unspecified atom stereocenters. The van der Waals surface area contributed by atoms with Gasteiger partial charge in [0.2, 0.25) is 0 Å². The molecule has 7 nitrogen and oxygen atoms in total. The minimum atomic E-state index is 0.696. The number of hydrogen-bond donors (Lipinski definition) is 2. The fourth-order valence-electron chi connectivity index (χ4n) is 2.05. The zero-order valence-corrected chi connectivity index (χ0v) is 13.0. The van der Waals surface area contributed by atoms with E-state index in [-0.39, 0.29) is 0 Å². The highest BCUT2D eigenvalue weighted by molar-refractivity contribution is 5.36. The predicted molar refractivity (Wildman–Crippen MR) is 89.7 cm³/mol. The molecule has 0 aliphatic heterocycles. The molecule has 0 saturated heterocycles. The molecular weight excluding hydrogens is 290 g/mol. The fraction of sp³-hybridized carbons (Fsp3) is 0.250. The molecule has 3 rings (SSSR count). The molecule has 23 heavy (non-hydrogen) atoms. The molecule has 0 aliphatic carbocycles. The van der Waals surface area contributed by atoms with Crippen LogP contribution in [-0.2, 0) is 0 Å². The van der Waals surface area contributed by atoms with Gasteiger partial charge in [-0.3, -0.25) is 4.98 Å². The van der Waals surface area contributed by atoms with E-state index in [0.717, 1.165) is 36.7 Å². The van der Waals surface area contributed by atoms with Crippen molar-refractivity contribution in [3.05, 3.63) is 54.7 Å². The van der Waals surface area contributed by atoms with Crippen molar-refractivity contribution in [2.24, 2.45) is 0 Å². The Bertz CT molecular complexity index is 722. The monoisotopic (exact) mass is 309 g/mol. The van der Waals surface area contributed by atoms with E-state index in [9.17, 15) is 0 Å². The summed E-state index contributed by atoms with van der Waals surface area (Å²) >= 11 is 0. The van der Waals surface area contributed by atoms with Gasteiger partial charge in [0.1, 0.15) is 11.6 Å². The van der Waals surface area contributed by atoms with Crippen LogP contribution < -0.4 is 10.6 Å². The van der Waals surface area contributed by atoms with E-state index in [1.165, 1.54) is 0 Å². The van der Waals surface area contributed by atoms with E-state index >= 15 is 0 Å². The Kier molecular flexibility index (Phi) is 4.78. The lowest BCUT2D eigenvalue weighted by atomic mass is 10.3. The van der Waals surface area contributed by atoms with Crippen LogP contribution in [0.2, 0.25) is 0 Å². The van der Waals surface area contributed by atoms with Gasteiger partial charge in [-0.15, -0.1) is 0 Å². The highest BCUT2D eigenvalue weighted by Crippen LogP contribution is 2.06.